The van der Waals surface area contributed by atoms with Crippen LogP contribution in [0.1, 0.15) is 81.4 Å². The first-order chi connectivity index (χ1) is 15.1. The summed E-state index contributed by atoms with van der Waals surface area (Å²) < 4.78 is 26.0. The molecule has 1 unspecified atom stereocenters. The van der Waals surface area contributed by atoms with Gasteiger partial charge in [-0.25, -0.2) is 18.4 Å². The maximum atomic E-state index is 13.0. The highest BCUT2D eigenvalue weighted by atomic mass is 32.2. The molecule has 0 bridgehead atoms. The van der Waals surface area contributed by atoms with Crippen LogP contribution in [0.5, 0.6) is 0 Å². The first-order valence-electron chi connectivity index (χ1n) is 11.7. The molecule has 5 nitrogen and oxygen atoms in total. The van der Waals surface area contributed by atoms with Gasteiger partial charge in [0.05, 0.1) is 10.1 Å². The van der Waals surface area contributed by atoms with E-state index in [1.165, 1.54) is 37.7 Å². The highest BCUT2D eigenvalue weighted by Gasteiger charge is 2.30. The van der Waals surface area contributed by atoms with Gasteiger partial charge in [-0.2, -0.15) is 0 Å². The van der Waals surface area contributed by atoms with Crippen molar-refractivity contribution in [2.45, 2.75) is 80.3 Å². The van der Waals surface area contributed by atoms with Crippen LogP contribution >= 0.6 is 0 Å². The Hall–Kier alpha value is -2.21. The number of hydrogen-bond acceptors (Lipinski definition) is 4. The summed E-state index contributed by atoms with van der Waals surface area (Å²) in [4.78, 5) is 12.5. The van der Waals surface area contributed by atoms with Crippen molar-refractivity contribution in [1.29, 1.82) is 0 Å². The molecular formula is C25H31N3O2S. The molecule has 2 aliphatic carbocycles. The Bertz CT molecular complexity index is 1090. The molecule has 0 aliphatic heterocycles. The molecule has 0 amide bonds. The van der Waals surface area contributed by atoms with Gasteiger partial charge in [-0.15, -0.1) is 0 Å². The Morgan fingerprint density at radius 3 is 2.39 bits per heavy atom. The second kappa shape index (κ2) is 8.73. The zero-order valence-corrected chi connectivity index (χ0v) is 18.8. The van der Waals surface area contributed by atoms with Crippen molar-refractivity contribution in [2.24, 2.45) is 5.92 Å². The first-order valence-corrected chi connectivity index (χ1v) is 13.3. The molecule has 1 aromatic carbocycles. The quantitative estimate of drug-likeness (QED) is 0.531. The Balaban J connectivity index is 1.46. The van der Waals surface area contributed by atoms with Gasteiger partial charge in [-0.1, -0.05) is 57.1 Å². The standard InChI is InChI=1S/C25H31N3O2S/c29-31(30,21-8-4-5-9-21)22-12-10-19(11-13-22)23(14-18-6-2-1-3-7-18)24-15-20-16-26-17-27-25(20)28-24/h10-13,15-18,21,23H,1-9,14H2,(H,26,27,28). The molecule has 0 spiro atoms. The van der Waals surface area contributed by atoms with Crippen molar-refractivity contribution in [2.75, 3.05) is 0 Å². The number of fused-ring (bicyclic) bond motifs is 1. The molecule has 5 rings (SSSR count). The monoisotopic (exact) mass is 437 g/mol. The number of nitrogens with zero attached hydrogens (tertiary/aromatic N) is 2. The molecule has 6 heteroatoms. The fourth-order valence-corrected chi connectivity index (χ4v) is 7.41. The zero-order chi connectivity index (χ0) is 21.3. The van der Waals surface area contributed by atoms with Gasteiger partial charge in [0.25, 0.3) is 0 Å². The second-order valence-corrected chi connectivity index (χ2v) is 11.6. The van der Waals surface area contributed by atoms with E-state index >= 15 is 0 Å². The molecular weight excluding hydrogens is 406 g/mol. The molecule has 2 saturated carbocycles. The third-order valence-corrected chi connectivity index (χ3v) is 9.61. The number of H-pyrrole nitrogens is 1. The summed E-state index contributed by atoms with van der Waals surface area (Å²) in [7, 11) is -3.22. The van der Waals surface area contributed by atoms with Crippen molar-refractivity contribution in [3.63, 3.8) is 0 Å². The van der Waals surface area contributed by atoms with E-state index in [1.807, 2.05) is 30.5 Å². The smallest absolute Gasteiger partial charge is 0.181 e. The average Bonchev–Trinajstić information content (AvgIpc) is 3.49. The molecule has 0 saturated heterocycles. The minimum Gasteiger partial charge on any atom is -0.343 e. The van der Waals surface area contributed by atoms with Crippen molar-refractivity contribution in [3.05, 3.63) is 54.1 Å². The van der Waals surface area contributed by atoms with E-state index in [0.29, 0.717) is 10.8 Å². The minimum absolute atomic E-state index is 0.205. The zero-order valence-electron chi connectivity index (χ0n) is 18.0. The Labute approximate surface area is 184 Å². The van der Waals surface area contributed by atoms with E-state index in [1.54, 1.807) is 6.33 Å². The summed E-state index contributed by atoms with van der Waals surface area (Å²) in [5.41, 5.74) is 3.18. The molecule has 2 fully saturated rings. The van der Waals surface area contributed by atoms with Crippen molar-refractivity contribution in [1.82, 2.24) is 15.0 Å². The van der Waals surface area contributed by atoms with E-state index in [0.717, 1.165) is 48.8 Å². The lowest BCUT2D eigenvalue weighted by Crippen LogP contribution is -2.18. The number of hydrogen-bond donors (Lipinski definition) is 1. The number of benzene rings is 1. The van der Waals surface area contributed by atoms with Gasteiger partial charge < -0.3 is 4.98 Å². The maximum Gasteiger partial charge on any atom is 0.181 e. The summed E-state index contributed by atoms with van der Waals surface area (Å²) >= 11 is 0. The van der Waals surface area contributed by atoms with Crippen LogP contribution < -0.4 is 0 Å². The van der Waals surface area contributed by atoms with Gasteiger partial charge in [0.15, 0.2) is 9.84 Å². The summed E-state index contributed by atoms with van der Waals surface area (Å²) in [6.45, 7) is 0. The lowest BCUT2D eigenvalue weighted by atomic mass is 9.79. The molecule has 2 aliphatic rings. The molecule has 3 aromatic rings. The fourth-order valence-electron chi connectivity index (χ4n) is 5.56. The van der Waals surface area contributed by atoms with E-state index < -0.39 is 9.84 Å². The summed E-state index contributed by atoms with van der Waals surface area (Å²) in [6.07, 6.45) is 14.7. The lowest BCUT2D eigenvalue weighted by Gasteiger charge is -2.26. The number of nitrogens with one attached hydrogen (secondary N) is 1. The summed E-state index contributed by atoms with van der Waals surface area (Å²) in [6, 6.07) is 9.89. The summed E-state index contributed by atoms with van der Waals surface area (Å²) in [5, 5.41) is 0.815. The van der Waals surface area contributed by atoms with Crippen molar-refractivity contribution < 1.29 is 8.42 Å². The lowest BCUT2D eigenvalue weighted by molar-refractivity contribution is 0.326. The number of rotatable bonds is 6. The van der Waals surface area contributed by atoms with Gasteiger partial charge in [0.2, 0.25) is 0 Å². The molecule has 164 valence electrons. The normalized spacial score (nSPS) is 19.7. The van der Waals surface area contributed by atoms with Crippen LogP contribution in [0.4, 0.5) is 0 Å². The van der Waals surface area contributed by atoms with Crippen molar-refractivity contribution in [3.8, 4) is 0 Å². The third kappa shape index (κ3) is 4.27. The highest BCUT2D eigenvalue weighted by molar-refractivity contribution is 7.92. The van der Waals surface area contributed by atoms with Crippen LogP contribution in [-0.2, 0) is 9.84 Å². The van der Waals surface area contributed by atoms with Crippen LogP contribution in [0.15, 0.2) is 47.8 Å². The van der Waals surface area contributed by atoms with Gasteiger partial charge in [0.1, 0.15) is 12.0 Å². The number of aromatic amines is 1. The average molecular weight is 438 g/mol. The predicted octanol–water partition coefficient (Wildman–Crippen LogP) is 5.78. The fraction of sp³-hybridized carbons (Fsp3) is 0.520. The maximum absolute atomic E-state index is 13.0. The SMILES string of the molecule is O=S(=O)(c1ccc(C(CC2CCCCC2)c2cc3cncnc3[nH]2)cc1)C1CCCC1. The van der Waals surface area contributed by atoms with E-state index in [9.17, 15) is 8.42 Å². The molecule has 0 radical (unpaired) electrons. The topological polar surface area (TPSA) is 75.7 Å². The van der Waals surface area contributed by atoms with Gasteiger partial charge in [0, 0.05) is 23.2 Å². The third-order valence-electron chi connectivity index (χ3n) is 7.34. The number of aromatic nitrogens is 3. The number of sulfone groups is 1. The molecule has 1 atom stereocenters. The van der Waals surface area contributed by atoms with E-state index in [2.05, 4.69) is 21.0 Å². The van der Waals surface area contributed by atoms with E-state index in [-0.39, 0.29) is 11.2 Å². The van der Waals surface area contributed by atoms with Gasteiger partial charge >= 0.3 is 0 Å². The second-order valence-electron chi connectivity index (χ2n) is 9.36. The minimum atomic E-state index is -3.22. The van der Waals surface area contributed by atoms with Crippen LogP contribution in [-0.4, -0.2) is 28.6 Å². The van der Waals surface area contributed by atoms with Crippen molar-refractivity contribution >= 4 is 20.9 Å². The van der Waals surface area contributed by atoms with E-state index in [4.69, 9.17) is 0 Å². The molecule has 2 aromatic heterocycles. The van der Waals surface area contributed by atoms with Crippen LogP contribution in [0.2, 0.25) is 0 Å². The largest absolute Gasteiger partial charge is 0.343 e. The van der Waals surface area contributed by atoms with Crippen LogP contribution in [0.3, 0.4) is 0 Å². The predicted molar refractivity (Wildman–Crippen MR) is 123 cm³/mol. The molecule has 2 heterocycles. The van der Waals surface area contributed by atoms with Crippen LogP contribution in [0.25, 0.3) is 11.0 Å². The molecule has 31 heavy (non-hydrogen) atoms. The Morgan fingerprint density at radius 2 is 1.68 bits per heavy atom. The Kier molecular flexibility index (Phi) is 5.83. The highest BCUT2D eigenvalue weighted by Crippen LogP contribution is 2.38. The van der Waals surface area contributed by atoms with Gasteiger partial charge in [-0.05, 0) is 48.9 Å². The van der Waals surface area contributed by atoms with Gasteiger partial charge in [-0.3, -0.25) is 0 Å². The molecule has 1 N–H and O–H groups in total. The van der Waals surface area contributed by atoms with Crippen LogP contribution in [0, 0.1) is 5.92 Å². The first kappa shape index (κ1) is 20.7. The summed E-state index contributed by atoms with van der Waals surface area (Å²) in [5.74, 6) is 0.915. The Morgan fingerprint density at radius 1 is 0.968 bits per heavy atom.